The molecule has 0 radical (unpaired) electrons. The predicted octanol–water partition coefficient (Wildman–Crippen LogP) is 1.80. The number of benzene rings is 1. The maximum atomic E-state index is 13.4. The molecule has 0 aromatic heterocycles. The lowest BCUT2D eigenvalue weighted by Gasteiger charge is -2.31. The molecule has 0 amide bonds. The van der Waals surface area contributed by atoms with Crippen LogP contribution in [0.5, 0.6) is 0 Å². The van der Waals surface area contributed by atoms with Crippen molar-refractivity contribution in [2.75, 3.05) is 18.0 Å². The number of aliphatic hydroxyl groups excluding tert-OH is 1. The summed E-state index contributed by atoms with van der Waals surface area (Å²) in [6, 6.07) is 3.82. The van der Waals surface area contributed by atoms with Gasteiger partial charge in [-0.15, -0.1) is 0 Å². The molecule has 0 unspecified atom stereocenters. The van der Waals surface area contributed by atoms with Crippen LogP contribution in [0, 0.1) is 23.0 Å². The summed E-state index contributed by atoms with van der Waals surface area (Å²) in [4.78, 5) is 1.81. The van der Waals surface area contributed by atoms with Gasteiger partial charge in [-0.2, -0.15) is 5.26 Å². The Morgan fingerprint density at radius 3 is 2.24 bits per heavy atom. The lowest BCUT2D eigenvalue weighted by atomic mass is 10.1. The van der Waals surface area contributed by atoms with E-state index in [1.54, 1.807) is 4.90 Å². The second-order valence-corrected chi connectivity index (χ2v) is 4.11. The highest BCUT2D eigenvalue weighted by atomic mass is 19.1. The smallest absolute Gasteiger partial charge is 0.146 e. The van der Waals surface area contributed by atoms with E-state index in [0.717, 1.165) is 0 Å². The molecule has 1 aromatic rings. The lowest BCUT2D eigenvalue weighted by molar-refractivity contribution is 0.145. The molecule has 3 nitrogen and oxygen atoms in total. The quantitative estimate of drug-likeness (QED) is 0.811. The van der Waals surface area contributed by atoms with Gasteiger partial charge in [0.25, 0.3) is 0 Å². The number of nitrogens with zero attached hydrogens (tertiary/aromatic N) is 2. The molecule has 1 aliphatic heterocycles. The Balaban J connectivity index is 2.26. The van der Waals surface area contributed by atoms with E-state index >= 15 is 0 Å². The molecule has 1 N–H and O–H groups in total. The molecule has 0 atom stereocenters. The van der Waals surface area contributed by atoms with Crippen molar-refractivity contribution in [3.63, 3.8) is 0 Å². The van der Waals surface area contributed by atoms with Crippen molar-refractivity contribution in [2.45, 2.75) is 18.9 Å². The zero-order chi connectivity index (χ0) is 12.4. The zero-order valence-corrected chi connectivity index (χ0v) is 9.16. The average molecular weight is 238 g/mol. The minimum Gasteiger partial charge on any atom is -0.393 e. The number of piperidine rings is 1. The largest absolute Gasteiger partial charge is 0.393 e. The van der Waals surface area contributed by atoms with Crippen LogP contribution in [0.15, 0.2) is 12.1 Å². The normalized spacial score (nSPS) is 16.9. The van der Waals surface area contributed by atoms with Gasteiger partial charge in [-0.25, -0.2) is 8.78 Å². The molecule has 1 fully saturated rings. The van der Waals surface area contributed by atoms with Crippen LogP contribution >= 0.6 is 0 Å². The Kier molecular flexibility index (Phi) is 3.25. The van der Waals surface area contributed by atoms with E-state index in [4.69, 9.17) is 5.26 Å². The Morgan fingerprint density at radius 2 is 1.76 bits per heavy atom. The van der Waals surface area contributed by atoms with Crippen LogP contribution < -0.4 is 4.90 Å². The monoisotopic (exact) mass is 238 g/mol. The van der Waals surface area contributed by atoms with Gasteiger partial charge in [0.2, 0.25) is 0 Å². The second kappa shape index (κ2) is 4.68. The summed E-state index contributed by atoms with van der Waals surface area (Å²) in [6.45, 7) is 1.12. The Bertz CT molecular complexity index is 439. The molecular weight excluding hydrogens is 226 g/mol. The average Bonchev–Trinajstić information content (AvgIpc) is 2.29. The van der Waals surface area contributed by atoms with E-state index in [2.05, 4.69) is 0 Å². The lowest BCUT2D eigenvalue weighted by Crippen LogP contribution is -2.35. The molecule has 1 aromatic carbocycles. The van der Waals surface area contributed by atoms with Gasteiger partial charge in [-0.1, -0.05) is 0 Å². The van der Waals surface area contributed by atoms with Crippen molar-refractivity contribution in [3.05, 3.63) is 29.3 Å². The maximum absolute atomic E-state index is 13.4. The number of halogens is 2. The van der Waals surface area contributed by atoms with Crippen molar-refractivity contribution in [3.8, 4) is 6.07 Å². The topological polar surface area (TPSA) is 47.3 Å². The third-order valence-electron chi connectivity index (χ3n) is 2.97. The fourth-order valence-corrected chi connectivity index (χ4v) is 1.97. The summed E-state index contributed by atoms with van der Waals surface area (Å²) in [5.41, 5.74) is -0.128. The van der Waals surface area contributed by atoms with Crippen LogP contribution in [0.1, 0.15) is 18.4 Å². The molecule has 1 saturated heterocycles. The van der Waals surface area contributed by atoms with Gasteiger partial charge in [-0.3, -0.25) is 0 Å². The van der Waals surface area contributed by atoms with Crippen LogP contribution in [0.25, 0.3) is 0 Å². The molecule has 0 bridgehead atoms. The molecule has 2 rings (SSSR count). The SMILES string of the molecule is N#Cc1c(F)cc(N2CCC(O)CC2)cc1F. The zero-order valence-electron chi connectivity index (χ0n) is 9.16. The first-order valence-electron chi connectivity index (χ1n) is 5.44. The number of hydrogen-bond acceptors (Lipinski definition) is 3. The third kappa shape index (κ3) is 2.37. The maximum Gasteiger partial charge on any atom is 0.146 e. The van der Waals surface area contributed by atoms with E-state index in [9.17, 15) is 13.9 Å². The molecule has 0 aliphatic carbocycles. The fourth-order valence-electron chi connectivity index (χ4n) is 1.97. The van der Waals surface area contributed by atoms with Crippen LogP contribution in [0.3, 0.4) is 0 Å². The first-order chi connectivity index (χ1) is 8.11. The molecule has 1 aliphatic rings. The van der Waals surface area contributed by atoms with Crippen molar-refractivity contribution in [1.29, 1.82) is 5.26 Å². The number of aliphatic hydroxyl groups is 1. The van der Waals surface area contributed by atoms with Crippen molar-refractivity contribution >= 4 is 5.69 Å². The molecule has 0 spiro atoms. The highest BCUT2D eigenvalue weighted by molar-refractivity contribution is 5.51. The Morgan fingerprint density at radius 1 is 1.24 bits per heavy atom. The van der Waals surface area contributed by atoms with Crippen LogP contribution in [0.2, 0.25) is 0 Å². The summed E-state index contributed by atoms with van der Waals surface area (Å²) >= 11 is 0. The van der Waals surface area contributed by atoms with E-state index in [0.29, 0.717) is 31.6 Å². The first-order valence-corrected chi connectivity index (χ1v) is 5.44. The fraction of sp³-hybridized carbons (Fsp3) is 0.417. The van der Waals surface area contributed by atoms with Crippen LogP contribution in [-0.2, 0) is 0 Å². The van der Waals surface area contributed by atoms with Gasteiger partial charge in [-0.05, 0) is 25.0 Å². The van der Waals surface area contributed by atoms with Gasteiger partial charge in [0.1, 0.15) is 23.3 Å². The highest BCUT2D eigenvalue weighted by Gasteiger charge is 2.19. The second-order valence-electron chi connectivity index (χ2n) is 4.11. The number of hydrogen-bond donors (Lipinski definition) is 1. The third-order valence-corrected chi connectivity index (χ3v) is 2.97. The van der Waals surface area contributed by atoms with Gasteiger partial charge < -0.3 is 10.0 Å². The van der Waals surface area contributed by atoms with Crippen molar-refractivity contribution in [2.24, 2.45) is 0 Å². The van der Waals surface area contributed by atoms with E-state index in [1.165, 1.54) is 18.2 Å². The Hall–Kier alpha value is -1.67. The summed E-state index contributed by atoms with van der Waals surface area (Å²) < 4.78 is 26.8. The minimum atomic E-state index is -0.839. The van der Waals surface area contributed by atoms with Gasteiger partial charge in [0.15, 0.2) is 0 Å². The standard InChI is InChI=1S/C12H12F2N2O/c13-11-5-8(6-12(14)10(11)7-15)16-3-1-9(17)2-4-16/h5-6,9,17H,1-4H2. The van der Waals surface area contributed by atoms with Crippen LogP contribution in [0.4, 0.5) is 14.5 Å². The molecule has 0 saturated carbocycles. The summed E-state index contributed by atoms with van der Waals surface area (Å²) in [5.74, 6) is -1.68. The summed E-state index contributed by atoms with van der Waals surface area (Å²) in [7, 11) is 0. The van der Waals surface area contributed by atoms with Crippen molar-refractivity contribution < 1.29 is 13.9 Å². The van der Waals surface area contributed by atoms with Gasteiger partial charge in [0.05, 0.1) is 6.10 Å². The van der Waals surface area contributed by atoms with Gasteiger partial charge in [0, 0.05) is 18.8 Å². The Labute approximate surface area is 97.9 Å². The molecule has 90 valence electrons. The summed E-state index contributed by atoms with van der Waals surface area (Å²) in [6.07, 6.45) is 0.839. The number of anilines is 1. The van der Waals surface area contributed by atoms with E-state index in [1.807, 2.05) is 0 Å². The molecule has 5 heteroatoms. The molecule has 1 heterocycles. The number of nitriles is 1. The number of rotatable bonds is 1. The summed E-state index contributed by atoms with van der Waals surface area (Å²) in [5, 5.41) is 17.9. The van der Waals surface area contributed by atoms with E-state index < -0.39 is 17.2 Å². The molecular formula is C12H12F2N2O. The van der Waals surface area contributed by atoms with Crippen molar-refractivity contribution in [1.82, 2.24) is 0 Å². The minimum absolute atomic E-state index is 0.334. The van der Waals surface area contributed by atoms with Gasteiger partial charge >= 0.3 is 0 Å². The first kappa shape index (κ1) is 11.8. The van der Waals surface area contributed by atoms with Crippen LogP contribution in [-0.4, -0.2) is 24.3 Å². The van der Waals surface area contributed by atoms with E-state index in [-0.39, 0.29) is 6.10 Å². The highest BCUT2D eigenvalue weighted by Crippen LogP contribution is 2.24. The predicted molar refractivity (Wildman–Crippen MR) is 58.5 cm³/mol. The molecule has 17 heavy (non-hydrogen) atoms.